The van der Waals surface area contributed by atoms with Crippen LogP contribution in [0.25, 0.3) is 5.57 Å². The molecule has 1 heterocycles. The normalized spacial score (nSPS) is 19.1. The van der Waals surface area contributed by atoms with E-state index in [0.717, 1.165) is 52.9 Å². The highest BCUT2D eigenvalue weighted by Crippen LogP contribution is 2.51. The maximum Gasteiger partial charge on any atom is 0.193 e. The molecule has 5 rings (SSSR count). The summed E-state index contributed by atoms with van der Waals surface area (Å²) in [5.74, 6) is 0.431. The van der Waals surface area contributed by atoms with Crippen LogP contribution in [0.15, 0.2) is 35.9 Å². The zero-order valence-electron chi connectivity index (χ0n) is 18.3. The number of benzene rings is 2. The molecule has 0 N–H and O–H groups in total. The van der Waals surface area contributed by atoms with Gasteiger partial charge in [-0.25, -0.2) is 0 Å². The lowest BCUT2D eigenvalue weighted by Crippen LogP contribution is -2.36. The molecular formula is C27H26N2O2. The second-order valence-electron chi connectivity index (χ2n) is 9.37. The van der Waals surface area contributed by atoms with Crippen molar-refractivity contribution in [2.45, 2.75) is 51.9 Å². The standard InChI is InChI=1S/C27H26N2O2/c1-4-17-12-21-22(14-24(17)29-9-7-19(30)8-10-29)27(2,3)23-13-18-11-16(15-28)5-6-20(18)25(23)26(21)31/h5-6,11-12,14H,4,7-10,13H2,1-3H3. The summed E-state index contributed by atoms with van der Waals surface area (Å²) >= 11 is 0. The molecule has 4 heteroatoms. The molecule has 0 atom stereocenters. The molecule has 0 aromatic heterocycles. The first-order chi connectivity index (χ1) is 14.8. The van der Waals surface area contributed by atoms with Gasteiger partial charge in [-0.3, -0.25) is 9.59 Å². The minimum absolute atomic E-state index is 0.0999. The van der Waals surface area contributed by atoms with Crippen LogP contribution in [0.4, 0.5) is 5.69 Å². The van der Waals surface area contributed by atoms with Gasteiger partial charge in [-0.15, -0.1) is 0 Å². The lowest BCUT2D eigenvalue weighted by Gasteiger charge is -2.37. The maximum atomic E-state index is 13.7. The molecule has 1 fully saturated rings. The Morgan fingerprint density at radius 1 is 1.06 bits per heavy atom. The zero-order chi connectivity index (χ0) is 21.9. The number of piperidine rings is 1. The van der Waals surface area contributed by atoms with Gasteiger partial charge in [-0.05, 0) is 64.9 Å². The SMILES string of the molecule is CCc1cc2c(cc1N1CCC(=O)CC1)C(C)(C)C1=C(C2=O)c2ccc(C#N)cc2C1. The highest BCUT2D eigenvalue weighted by molar-refractivity contribution is 6.33. The summed E-state index contributed by atoms with van der Waals surface area (Å²) in [4.78, 5) is 27.8. The Balaban J connectivity index is 1.64. The van der Waals surface area contributed by atoms with E-state index in [2.05, 4.69) is 43.9 Å². The number of carbonyl (C=O) groups is 2. The summed E-state index contributed by atoms with van der Waals surface area (Å²) in [5, 5.41) is 9.30. The van der Waals surface area contributed by atoms with Crippen LogP contribution in [0.3, 0.4) is 0 Å². The molecule has 2 aliphatic carbocycles. The van der Waals surface area contributed by atoms with Crippen molar-refractivity contribution in [3.8, 4) is 6.07 Å². The average molecular weight is 411 g/mol. The number of aryl methyl sites for hydroxylation is 1. The molecule has 156 valence electrons. The first kappa shape index (κ1) is 19.8. The number of ketones is 2. The number of anilines is 1. The van der Waals surface area contributed by atoms with Crippen LogP contribution in [-0.2, 0) is 23.1 Å². The molecule has 0 amide bonds. The fourth-order valence-corrected chi connectivity index (χ4v) is 5.50. The number of allylic oxidation sites excluding steroid dienone is 2. The van der Waals surface area contributed by atoms with Crippen molar-refractivity contribution < 1.29 is 9.59 Å². The largest absolute Gasteiger partial charge is 0.370 e. The van der Waals surface area contributed by atoms with Gasteiger partial charge < -0.3 is 4.90 Å². The van der Waals surface area contributed by atoms with Gasteiger partial charge in [0.2, 0.25) is 0 Å². The number of hydrogen-bond donors (Lipinski definition) is 0. The lowest BCUT2D eigenvalue weighted by molar-refractivity contribution is -0.119. The maximum absolute atomic E-state index is 13.7. The number of Topliss-reactive ketones (excluding diaryl/α,β-unsaturated/α-hetero) is 2. The minimum Gasteiger partial charge on any atom is -0.370 e. The van der Waals surface area contributed by atoms with Crippen LogP contribution < -0.4 is 4.90 Å². The third kappa shape index (κ3) is 2.87. The van der Waals surface area contributed by atoms with E-state index in [9.17, 15) is 14.9 Å². The van der Waals surface area contributed by atoms with E-state index in [1.165, 1.54) is 11.3 Å². The predicted molar refractivity (Wildman–Crippen MR) is 121 cm³/mol. The summed E-state index contributed by atoms with van der Waals surface area (Å²) in [5.41, 5.74) is 8.60. The number of nitrogens with zero attached hydrogens (tertiary/aromatic N) is 2. The Bertz CT molecular complexity index is 1220. The van der Waals surface area contributed by atoms with Gasteiger partial charge in [0.1, 0.15) is 5.78 Å². The van der Waals surface area contributed by atoms with E-state index < -0.39 is 0 Å². The van der Waals surface area contributed by atoms with Crippen molar-refractivity contribution in [3.63, 3.8) is 0 Å². The monoisotopic (exact) mass is 410 g/mol. The van der Waals surface area contributed by atoms with E-state index in [4.69, 9.17) is 0 Å². The fourth-order valence-electron chi connectivity index (χ4n) is 5.50. The summed E-state index contributed by atoms with van der Waals surface area (Å²) in [6.45, 7) is 8.03. The molecule has 0 spiro atoms. The molecule has 0 unspecified atom stereocenters. The summed E-state index contributed by atoms with van der Waals surface area (Å²) in [7, 11) is 0. The molecule has 1 saturated heterocycles. The minimum atomic E-state index is -0.281. The van der Waals surface area contributed by atoms with Gasteiger partial charge in [0.25, 0.3) is 0 Å². The van der Waals surface area contributed by atoms with E-state index in [1.54, 1.807) is 0 Å². The second-order valence-corrected chi connectivity index (χ2v) is 9.37. The predicted octanol–water partition coefficient (Wildman–Crippen LogP) is 4.77. The van der Waals surface area contributed by atoms with Gasteiger partial charge in [0.05, 0.1) is 11.6 Å². The van der Waals surface area contributed by atoms with Crippen molar-refractivity contribution in [2.75, 3.05) is 18.0 Å². The molecule has 2 aromatic rings. The van der Waals surface area contributed by atoms with Gasteiger partial charge in [0, 0.05) is 48.2 Å². The molecule has 0 radical (unpaired) electrons. The van der Waals surface area contributed by atoms with Gasteiger partial charge in [0.15, 0.2) is 5.78 Å². The average Bonchev–Trinajstić information content (AvgIpc) is 3.17. The quantitative estimate of drug-likeness (QED) is 0.715. The number of nitriles is 1. The Kier molecular flexibility index (Phi) is 4.41. The van der Waals surface area contributed by atoms with Crippen molar-refractivity contribution in [3.05, 3.63) is 69.3 Å². The number of fused-ring (bicyclic) bond motifs is 3. The smallest absolute Gasteiger partial charge is 0.193 e. The fraction of sp³-hybridized carbons (Fsp3) is 0.370. The van der Waals surface area contributed by atoms with Crippen LogP contribution in [0.1, 0.15) is 71.8 Å². The van der Waals surface area contributed by atoms with E-state index in [-0.39, 0.29) is 11.2 Å². The first-order valence-electron chi connectivity index (χ1n) is 11.1. The summed E-state index contributed by atoms with van der Waals surface area (Å²) in [6.07, 6.45) is 2.74. The van der Waals surface area contributed by atoms with Crippen LogP contribution in [0.5, 0.6) is 0 Å². The molecule has 3 aliphatic rings. The first-order valence-corrected chi connectivity index (χ1v) is 11.1. The Morgan fingerprint density at radius 2 is 1.81 bits per heavy atom. The van der Waals surface area contributed by atoms with Gasteiger partial charge in [-0.2, -0.15) is 5.26 Å². The van der Waals surface area contributed by atoms with E-state index in [1.807, 2.05) is 18.2 Å². The lowest BCUT2D eigenvalue weighted by atomic mass is 9.68. The van der Waals surface area contributed by atoms with Crippen LogP contribution in [-0.4, -0.2) is 24.7 Å². The third-order valence-corrected chi connectivity index (χ3v) is 7.33. The number of carbonyl (C=O) groups excluding carboxylic acids is 2. The molecule has 31 heavy (non-hydrogen) atoms. The van der Waals surface area contributed by atoms with Gasteiger partial charge in [-0.1, -0.05) is 26.8 Å². The van der Waals surface area contributed by atoms with Crippen LogP contribution in [0, 0.1) is 11.3 Å². The van der Waals surface area contributed by atoms with Crippen molar-refractivity contribution in [1.29, 1.82) is 5.26 Å². The van der Waals surface area contributed by atoms with E-state index >= 15 is 0 Å². The number of hydrogen-bond acceptors (Lipinski definition) is 4. The Morgan fingerprint density at radius 3 is 2.48 bits per heavy atom. The molecular weight excluding hydrogens is 384 g/mol. The third-order valence-electron chi connectivity index (χ3n) is 7.33. The van der Waals surface area contributed by atoms with Crippen LogP contribution >= 0.6 is 0 Å². The van der Waals surface area contributed by atoms with Crippen molar-refractivity contribution in [1.82, 2.24) is 0 Å². The van der Waals surface area contributed by atoms with Crippen molar-refractivity contribution >= 4 is 22.8 Å². The molecule has 0 saturated carbocycles. The topological polar surface area (TPSA) is 61.2 Å². The van der Waals surface area contributed by atoms with Gasteiger partial charge >= 0.3 is 0 Å². The molecule has 1 aliphatic heterocycles. The zero-order valence-corrected chi connectivity index (χ0v) is 18.3. The highest BCUT2D eigenvalue weighted by atomic mass is 16.1. The van der Waals surface area contributed by atoms with E-state index in [0.29, 0.717) is 30.6 Å². The molecule has 2 aromatic carbocycles. The second kappa shape index (κ2) is 6.92. The Labute approximate surface area is 183 Å². The van der Waals surface area contributed by atoms with Crippen molar-refractivity contribution in [2.24, 2.45) is 0 Å². The number of rotatable bonds is 2. The molecule has 0 bridgehead atoms. The van der Waals surface area contributed by atoms with Crippen LogP contribution in [0.2, 0.25) is 0 Å². The highest BCUT2D eigenvalue weighted by Gasteiger charge is 2.43. The molecule has 4 nitrogen and oxygen atoms in total. The summed E-state index contributed by atoms with van der Waals surface area (Å²) < 4.78 is 0. The summed E-state index contributed by atoms with van der Waals surface area (Å²) in [6, 6.07) is 12.2. The Hall–Kier alpha value is -3.19.